The van der Waals surface area contributed by atoms with E-state index in [0.717, 1.165) is 44.3 Å². The van der Waals surface area contributed by atoms with Gasteiger partial charge in [0.05, 0.1) is 6.04 Å². The van der Waals surface area contributed by atoms with Gasteiger partial charge in [-0.25, -0.2) is 4.39 Å². The van der Waals surface area contributed by atoms with Crippen LogP contribution in [0.4, 0.5) is 4.39 Å². The maximum absolute atomic E-state index is 13.0. The third kappa shape index (κ3) is 3.10. The van der Waals surface area contributed by atoms with Crippen molar-refractivity contribution in [2.75, 3.05) is 13.1 Å². The van der Waals surface area contributed by atoms with Gasteiger partial charge in [0.15, 0.2) is 0 Å². The third-order valence-corrected chi connectivity index (χ3v) is 4.81. The van der Waals surface area contributed by atoms with E-state index in [9.17, 15) is 9.18 Å². The highest BCUT2D eigenvalue weighted by molar-refractivity contribution is 5.82. The monoisotopic (exact) mass is 290 g/mol. The second kappa shape index (κ2) is 6.14. The maximum Gasteiger partial charge on any atom is 0.239 e. The lowest BCUT2D eigenvalue weighted by atomic mass is 9.97. The highest BCUT2D eigenvalue weighted by atomic mass is 19.1. The molecule has 3 nitrogen and oxygen atoms in total. The Labute approximate surface area is 125 Å². The number of piperidine rings is 1. The number of nitrogens with one attached hydrogen (secondary N) is 1. The first-order valence-electron chi connectivity index (χ1n) is 7.94. The van der Waals surface area contributed by atoms with Crippen molar-refractivity contribution in [2.45, 2.75) is 50.6 Å². The molecule has 0 spiro atoms. The van der Waals surface area contributed by atoms with Gasteiger partial charge in [0.1, 0.15) is 5.82 Å². The second-order valence-electron chi connectivity index (χ2n) is 6.33. The van der Waals surface area contributed by atoms with Gasteiger partial charge in [-0.2, -0.15) is 0 Å². The molecule has 114 valence electrons. The fraction of sp³-hybridized carbons (Fsp3) is 0.588. The van der Waals surface area contributed by atoms with Crippen LogP contribution in [0.1, 0.15) is 44.1 Å². The van der Waals surface area contributed by atoms with Crippen LogP contribution >= 0.6 is 0 Å². The molecule has 1 amide bonds. The molecule has 2 heterocycles. The van der Waals surface area contributed by atoms with Gasteiger partial charge in [-0.1, -0.05) is 18.6 Å². The van der Waals surface area contributed by atoms with E-state index in [1.54, 1.807) is 0 Å². The number of hydrogen-bond acceptors (Lipinski definition) is 2. The Morgan fingerprint density at radius 1 is 1.29 bits per heavy atom. The SMILES string of the molecule is CC1CC(c2ccc(F)cc2)CN1C(=O)C1CCCCN1. The van der Waals surface area contributed by atoms with Crippen LogP contribution in [0.25, 0.3) is 0 Å². The van der Waals surface area contributed by atoms with E-state index < -0.39 is 0 Å². The number of amides is 1. The van der Waals surface area contributed by atoms with Crippen LogP contribution in [-0.4, -0.2) is 36.0 Å². The number of carbonyl (C=O) groups is 1. The van der Waals surface area contributed by atoms with Crippen LogP contribution in [0, 0.1) is 5.82 Å². The molecule has 3 unspecified atom stereocenters. The number of halogens is 1. The summed E-state index contributed by atoms with van der Waals surface area (Å²) in [6.07, 6.45) is 4.21. The second-order valence-corrected chi connectivity index (χ2v) is 6.33. The quantitative estimate of drug-likeness (QED) is 0.908. The molecule has 4 heteroatoms. The summed E-state index contributed by atoms with van der Waals surface area (Å²) in [4.78, 5) is 14.7. The van der Waals surface area contributed by atoms with Crippen LogP contribution in [0.2, 0.25) is 0 Å². The number of nitrogens with zero attached hydrogens (tertiary/aromatic N) is 1. The number of carbonyl (C=O) groups excluding carboxylic acids is 1. The normalized spacial score (nSPS) is 29.6. The predicted octanol–water partition coefficient (Wildman–Crippen LogP) is 2.67. The van der Waals surface area contributed by atoms with Gasteiger partial charge in [0, 0.05) is 18.5 Å². The first-order chi connectivity index (χ1) is 10.1. The average molecular weight is 290 g/mol. The Morgan fingerprint density at radius 3 is 2.71 bits per heavy atom. The van der Waals surface area contributed by atoms with Gasteiger partial charge in [0.25, 0.3) is 0 Å². The lowest BCUT2D eigenvalue weighted by Gasteiger charge is -2.29. The van der Waals surface area contributed by atoms with E-state index in [2.05, 4.69) is 12.2 Å². The van der Waals surface area contributed by atoms with E-state index >= 15 is 0 Å². The molecule has 2 aliphatic rings. The molecule has 2 fully saturated rings. The topological polar surface area (TPSA) is 32.3 Å². The van der Waals surface area contributed by atoms with Gasteiger partial charge < -0.3 is 10.2 Å². The molecule has 0 aromatic heterocycles. The van der Waals surface area contributed by atoms with Crippen molar-refractivity contribution in [1.82, 2.24) is 10.2 Å². The van der Waals surface area contributed by atoms with E-state index in [0.29, 0.717) is 5.92 Å². The Kier molecular flexibility index (Phi) is 4.24. The summed E-state index contributed by atoms with van der Waals surface area (Å²) in [7, 11) is 0. The van der Waals surface area contributed by atoms with Crippen molar-refractivity contribution in [3.8, 4) is 0 Å². The van der Waals surface area contributed by atoms with Crippen molar-refractivity contribution >= 4 is 5.91 Å². The summed E-state index contributed by atoms with van der Waals surface area (Å²) in [5.74, 6) is 0.365. The molecule has 1 aromatic carbocycles. The first-order valence-corrected chi connectivity index (χ1v) is 7.94. The van der Waals surface area contributed by atoms with Crippen LogP contribution in [0.5, 0.6) is 0 Å². The number of likely N-dealkylation sites (tertiary alicyclic amines) is 1. The third-order valence-electron chi connectivity index (χ3n) is 4.81. The first kappa shape index (κ1) is 14.5. The van der Waals surface area contributed by atoms with Crippen molar-refractivity contribution in [3.63, 3.8) is 0 Å². The minimum atomic E-state index is -0.205. The summed E-state index contributed by atoms with van der Waals surface area (Å²) in [5.41, 5.74) is 1.13. The van der Waals surface area contributed by atoms with E-state index in [-0.39, 0.29) is 23.8 Å². The van der Waals surface area contributed by atoms with Crippen molar-refractivity contribution < 1.29 is 9.18 Å². The minimum absolute atomic E-state index is 0.00633. The molecule has 3 atom stereocenters. The van der Waals surface area contributed by atoms with Gasteiger partial charge >= 0.3 is 0 Å². The molecule has 0 aliphatic carbocycles. The zero-order valence-corrected chi connectivity index (χ0v) is 12.5. The number of rotatable bonds is 2. The van der Waals surface area contributed by atoms with E-state index in [1.807, 2.05) is 17.0 Å². The molecule has 1 aromatic rings. The number of benzene rings is 1. The largest absolute Gasteiger partial charge is 0.338 e. The smallest absolute Gasteiger partial charge is 0.239 e. The molecule has 0 radical (unpaired) electrons. The summed E-state index contributed by atoms with van der Waals surface area (Å²) in [5, 5.41) is 3.34. The molecule has 0 saturated carbocycles. The summed E-state index contributed by atoms with van der Waals surface area (Å²) >= 11 is 0. The van der Waals surface area contributed by atoms with Crippen molar-refractivity contribution in [3.05, 3.63) is 35.6 Å². The Morgan fingerprint density at radius 2 is 2.05 bits per heavy atom. The van der Waals surface area contributed by atoms with Crippen LogP contribution in [0.3, 0.4) is 0 Å². The predicted molar refractivity (Wildman–Crippen MR) is 80.6 cm³/mol. The molecule has 3 rings (SSSR count). The molecule has 1 N–H and O–H groups in total. The van der Waals surface area contributed by atoms with Crippen LogP contribution < -0.4 is 5.32 Å². The lowest BCUT2D eigenvalue weighted by molar-refractivity contribution is -0.134. The summed E-state index contributed by atoms with van der Waals surface area (Å²) in [6, 6.07) is 6.96. The fourth-order valence-electron chi connectivity index (χ4n) is 3.58. The van der Waals surface area contributed by atoms with Gasteiger partial charge in [-0.3, -0.25) is 4.79 Å². The Balaban J connectivity index is 1.67. The number of hydrogen-bond donors (Lipinski definition) is 1. The van der Waals surface area contributed by atoms with Gasteiger partial charge in [0.2, 0.25) is 5.91 Å². The molecular formula is C17H23FN2O. The average Bonchev–Trinajstić information content (AvgIpc) is 2.90. The van der Waals surface area contributed by atoms with Gasteiger partial charge in [-0.15, -0.1) is 0 Å². The maximum atomic E-state index is 13.0. The molecule has 2 saturated heterocycles. The fourth-order valence-corrected chi connectivity index (χ4v) is 3.58. The van der Waals surface area contributed by atoms with Crippen LogP contribution in [-0.2, 0) is 4.79 Å². The van der Waals surface area contributed by atoms with E-state index in [4.69, 9.17) is 0 Å². The zero-order chi connectivity index (χ0) is 14.8. The van der Waals surface area contributed by atoms with E-state index in [1.165, 1.54) is 12.1 Å². The molecule has 2 aliphatic heterocycles. The highest BCUT2D eigenvalue weighted by Crippen LogP contribution is 2.32. The molecule has 0 bridgehead atoms. The zero-order valence-electron chi connectivity index (χ0n) is 12.5. The lowest BCUT2D eigenvalue weighted by Crippen LogP contribution is -2.49. The Bertz CT molecular complexity index is 496. The summed E-state index contributed by atoms with van der Waals surface area (Å²) < 4.78 is 13.0. The van der Waals surface area contributed by atoms with Crippen molar-refractivity contribution in [2.24, 2.45) is 0 Å². The van der Waals surface area contributed by atoms with Gasteiger partial charge in [-0.05, 0) is 50.4 Å². The molecular weight excluding hydrogens is 267 g/mol. The van der Waals surface area contributed by atoms with Crippen molar-refractivity contribution in [1.29, 1.82) is 0 Å². The minimum Gasteiger partial charge on any atom is -0.338 e. The highest BCUT2D eigenvalue weighted by Gasteiger charge is 2.36. The standard InChI is InChI=1S/C17H23FN2O/c1-12-10-14(13-5-7-15(18)8-6-13)11-20(12)17(21)16-4-2-3-9-19-16/h5-8,12,14,16,19H,2-4,9-11H2,1H3. The Hall–Kier alpha value is -1.42. The summed E-state index contributed by atoms with van der Waals surface area (Å²) in [6.45, 7) is 3.81. The van der Waals surface area contributed by atoms with Crippen LogP contribution in [0.15, 0.2) is 24.3 Å². The molecule has 21 heavy (non-hydrogen) atoms.